The molecule has 1 unspecified atom stereocenters. The molecular formula is C37H52N2O7. The lowest BCUT2D eigenvalue weighted by molar-refractivity contribution is -0.577. The van der Waals surface area contributed by atoms with Gasteiger partial charge in [-0.1, -0.05) is 19.9 Å². The SMILES string of the molecule is C=C[C@H]1C[N@]2CC[C@H]1C[C@H]2[C@H](O)c1ccnc2ccc(OC)cc12.CCO[C@H]1O[C@@H]2O[C@]3(C)CC[C@H]4[C@H](C)CC[C@@H]([C@H]1C)C24OO3. The number of hydrogen-bond donors (Lipinski definition) is 1. The maximum Gasteiger partial charge on any atom is 0.201 e. The van der Waals surface area contributed by atoms with Crippen LogP contribution >= 0.6 is 0 Å². The Kier molecular flexibility index (Phi) is 8.98. The number of aliphatic hydroxyl groups is 1. The Morgan fingerprint density at radius 2 is 2.00 bits per heavy atom. The standard InChI is InChI=1S/C20H24N2O2.C17H28O5/c1-3-13-12-22-9-7-14(13)10-19(22)20(23)16-6-8-21-18-5-4-15(24-2)11-17(16)18;1-5-18-14-11(3)13-7-6-10(2)12-8-9-16(4)20-15(19-14)17(12,13)22-21-16/h3-6,8,11,13-14,19-20,23H,1,7,9-10,12H2,2H3;10-15H,5-9H2,1-4H3/t13-,14-,19-,20+;10-,11-,12+,13+,14+,15-,16+,17?/m01/s1. The van der Waals surface area contributed by atoms with E-state index in [1.165, 1.54) is 12.8 Å². The molecule has 2 aromatic rings. The fourth-order valence-corrected chi connectivity index (χ4v) is 9.67. The van der Waals surface area contributed by atoms with Crippen molar-refractivity contribution in [2.75, 3.05) is 26.8 Å². The molecule has 1 aliphatic carbocycles. The Balaban J connectivity index is 0.000000147. The first kappa shape index (κ1) is 32.4. The van der Waals surface area contributed by atoms with Crippen molar-refractivity contribution >= 4 is 10.9 Å². The van der Waals surface area contributed by atoms with E-state index in [2.05, 4.69) is 36.4 Å². The number of nitrogens with zero attached hydrogens (tertiary/aromatic N) is 2. The monoisotopic (exact) mass is 636 g/mol. The van der Waals surface area contributed by atoms with Crippen LogP contribution in [-0.4, -0.2) is 71.8 Å². The highest BCUT2D eigenvalue weighted by Gasteiger charge is 2.69. The third-order valence-corrected chi connectivity index (χ3v) is 12.2. The van der Waals surface area contributed by atoms with E-state index in [0.717, 1.165) is 61.0 Å². The predicted octanol–water partition coefficient (Wildman–Crippen LogP) is 6.40. The molecular weight excluding hydrogens is 584 g/mol. The summed E-state index contributed by atoms with van der Waals surface area (Å²) in [5, 5.41) is 12.1. The smallest absolute Gasteiger partial charge is 0.201 e. The highest BCUT2D eigenvalue weighted by molar-refractivity contribution is 5.84. The molecule has 7 saturated heterocycles. The van der Waals surface area contributed by atoms with Gasteiger partial charge < -0.3 is 24.1 Å². The number of hydrogen-bond acceptors (Lipinski definition) is 9. The Labute approximate surface area is 273 Å². The first-order valence-electron chi connectivity index (χ1n) is 17.5. The molecule has 9 heteroatoms. The molecule has 0 radical (unpaired) electrons. The van der Waals surface area contributed by atoms with E-state index >= 15 is 0 Å². The van der Waals surface area contributed by atoms with Crippen LogP contribution in [0.2, 0.25) is 0 Å². The van der Waals surface area contributed by atoms with Gasteiger partial charge in [-0.05, 0) is 106 Å². The molecule has 1 aromatic heterocycles. The number of benzene rings is 1. The summed E-state index contributed by atoms with van der Waals surface area (Å²) in [5.41, 5.74) is 1.37. The summed E-state index contributed by atoms with van der Waals surface area (Å²) in [4.78, 5) is 18.7. The van der Waals surface area contributed by atoms with Crippen molar-refractivity contribution in [2.45, 2.75) is 102 Å². The minimum Gasteiger partial charge on any atom is -0.497 e. The normalized spacial score (nSPS) is 43.2. The second kappa shape index (κ2) is 12.7. The zero-order valence-electron chi connectivity index (χ0n) is 28.1. The van der Waals surface area contributed by atoms with Crippen molar-refractivity contribution in [3.8, 4) is 5.75 Å². The van der Waals surface area contributed by atoms with Gasteiger partial charge in [-0.25, -0.2) is 9.78 Å². The number of ether oxygens (including phenoxy) is 4. The average molecular weight is 637 g/mol. The van der Waals surface area contributed by atoms with Crippen LogP contribution in [0, 0.1) is 35.5 Å². The number of aromatic nitrogens is 1. The third-order valence-electron chi connectivity index (χ3n) is 12.2. The van der Waals surface area contributed by atoms with E-state index in [4.69, 9.17) is 28.7 Å². The van der Waals surface area contributed by atoms with Crippen molar-refractivity contribution in [1.29, 1.82) is 0 Å². The number of methoxy groups -OCH3 is 1. The summed E-state index contributed by atoms with van der Waals surface area (Å²) in [6.45, 7) is 15.2. The van der Waals surface area contributed by atoms with E-state index in [0.29, 0.717) is 36.2 Å². The summed E-state index contributed by atoms with van der Waals surface area (Å²) in [6, 6.07) is 7.96. The van der Waals surface area contributed by atoms with Gasteiger partial charge in [-0.15, -0.1) is 6.58 Å². The van der Waals surface area contributed by atoms with Gasteiger partial charge in [0.15, 0.2) is 18.2 Å². The first-order valence-corrected chi connectivity index (χ1v) is 17.5. The van der Waals surface area contributed by atoms with E-state index in [1.807, 2.05) is 38.1 Å². The lowest BCUT2D eigenvalue weighted by Crippen LogP contribution is -2.70. The lowest BCUT2D eigenvalue weighted by atomic mass is 9.58. The number of piperidine rings is 3. The molecule has 46 heavy (non-hydrogen) atoms. The van der Waals surface area contributed by atoms with Gasteiger partial charge in [-0.3, -0.25) is 9.88 Å². The number of fused-ring (bicyclic) bond motifs is 6. The molecule has 9 nitrogen and oxygen atoms in total. The molecule has 1 aromatic carbocycles. The third kappa shape index (κ3) is 5.40. The van der Waals surface area contributed by atoms with Gasteiger partial charge in [-0.2, -0.15) is 0 Å². The Hall–Kier alpha value is -2.11. The van der Waals surface area contributed by atoms with Crippen LogP contribution in [0.25, 0.3) is 10.9 Å². The first-order chi connectivity index (χ1) is 22.2. The van der Waals surface area contributed by atoms with Gasteiger partial charge in [0.05, 0.1) is 18.7 Å². The molecule has 1 N–H and O–H groups in total. The van der Waals surface area contributed by atoms with E-state index in [9.17, 15) is 5.11 Å². The van der Waals surface area contributed by atoms with Crippen LogP contribution in [0.4, 0.5) is 0 Å². The van der Waals surface area contributed by atoms with Gasteiger partial charge in [0.2, 0.25) is 5.79 Å². The van der Waals surface area contributed by atoms with Crippen LogP contribution in [0.3, 0.4) is 0 Å². The van der Waals surface area contributed by atoms with Crippen molar-refractivity contribution in [3.05, 3.63) is 48.7 Å². The fraction of sp³-hybridized carbons (Fsp3) is 0.703. The molecule has 8 heterocycles. The highest BCUT2D eigenvalue weighted by atomic mass is 17.3. The minimum absolute atomic E-state index is 0.178. The van der Waals surface area contributed by atoms with E-state index in [1.54, 1.807) is 13.3 Å². The van der Waals surface area contributed by atoms with Crippen LogP contribution in [0.5, 0.6) is 5.75 Å². The summed E-state index contributed by atoms with van der Waals surface area (Å²) in [5.74, 6) is 2.96. The summed E-state index contributed by atoms with van der Waals surface area (Å²) in [7, 11) is 1.66. The zero-order valence-corrected chi connectivity index (χ0v) is 28.1. The maximum absolute atomic E-state index is 11.2. The highest BCUT2D eigenvalue weighted by Crippen LogP contribution is 2.60. The predicted molar refractivity (Wildman–Crippen MR) is 173 cm³/mol. The molecule has 8 fully saturated rings. The average Bonchev–Trinajstić information content (AvgIpc) is 3.32. The molecule has 0 amide bonds. The number of pyridine rings is 1. The van der Waals surface area contributed by atoms with Gasteiger partial charge in [0, 0.05) is 49.0 Å². The van der Waals surface area contributed by atoms with Crippen molar-refractivity contribution in [3.63, 3.8) is 0 Å². The molecule has 252 valence electrons. The molecule has 1 spiro atoms. The second-order valence-electron chi connectivity index (χ2n) is 14.7. The van der Waals surface area contributed by atoms with E-state index < -0.39 is 17.5 Å². The van der Waals surface area contributed by atoms with Gasteiger partial charge in [0.25, 0.3) is 0 Å². The number of aliphatic hydroxyl groups excluding tert-OH is 1. The van der Waals surface area contributed by atoms with Crippen LogP contribution in [0.15, 0.2) is 43.1 Å². The second-order valence-corrected chi connectivity index (χ2v) is 14.7. The molecule has 4 bridgehead atoms. The van der Waals surface area contributed by atoms with E-state index in [-0.39, 0.29) is 24.5 Å². The van der Waals surface area contributed by atoms with Crippen molar-refractivity contribution in [2.24, 2.45) is 35.5 Å². The van der Waals surface area contributed by atoms with Gasteiger partial charge in [0.1, 0.15) is 5.75 Å². The Morgan fingerprint density at radius 1 is 1.15 bits per heavy atom. The minimum atomic E-state index is -0.700. The topological polar surface area (TPSA) is 91.7 Å². The van der Waals surface area contributed by atoms with Crippen LogP contribution in [-0.2, 0) is 24.0 Å². The summed E-state index contributed by atoms with van der Waals surface area (Å²) >= 11 is 0. The molecule has 8 aliphatic rings. The number of rotatable bonds is 6. The Morgan fingerprint density at radius 3 is 2.74 bits per heavy atom. The summed E-state index contributed by atoms with van der Waals surface area (Å²) < 4.78 is 23.7. The zero-order chi connectivity index (χ0) is 32.2. The van der Waals surface area contributed by atoms with Crippen LogP contribution in [0.1, 0.15) is 77.9 Å². The molecule has 10 rings (SSSR count). The Bertz CT molecular complexity index is 1410. The molecule has 13 atom stereocenters. The quantitative estimate of drug-likeness (QED) is 0.286. The van der Waals surface area contributed by atoms with Gasteiger partial charge >= 0.3 is 0 Å². The van der Waals surface area contributed by atoms with Crippen LogP contribution < -0.4 is 4.74 Å². The molecule has 1 saturated carbocycles. The summed E-state index contributed by atoms with van der Waals surface area (Å²) in [6.07, 6.45) is 9.28. The largest absolute Gasteiger partial charge is 0.497 e. The molecule has 7 aliphatic heterocycles. The fourth-order valence-electron chi connectivity index (χ4n) is 9.67. The van der Waals surface area contributed by atoms with Crippen molar-refractivity contribution in [1.82, 2.24) is 9.88 Å². The lowest BCUT2D eigenvalue weighted by Gasteiger charge is -2.60. The van der Waals surface area contributed by atoms with Crippen molar-refractivity contribution < 1.29 is 33.8 Å². The maximum atomic E-state index is 11.2.